The minimum atomic E-state index is 0.0361. The molecule has 3 heterocycles. The lowest BCUT2D eigenvalue weighted by atomic mass is 9.92. The number of anilines is 2. The second kappa shape index (κ2) is 6.71. The van der Waals surface area contributed by atoms with Crippen LogP contribution in [0.25, 0.3) is 0 Å². The Morgan fingerprint density at radius 3 is 2.12 bits per heavy atom. The van der Waals surface area contributed by atoms with E-state index in [4.69, 9.17) is 0 Å². The smallest absolute Gasteiger partial charge is 0.225 e. The minimum Gasteiger partial charge on any atom is -0.353 e. The van der Waals surface area contributed by atoms with Crippen molar-refractivity contribution in [2.45, 2.75) is 39.5 Å². The van der Waals surface area contributed by atoms with Gasteiger partial charge in [0, 0.05) is 50.1 Å². The highest BCUT2D eigenvalue weighted by molar-refractivity contribution is 5.43. The SMILES string of the molecule is CCc1cnc(N2CCN(c3cc(C(C)(C)C)ncn3)CC2)nc1. The normalized spacial score (nSPS) is 15.7. The molecular formula is C18H26N6. The van der Waals surface area contributed by atoms with E-state index in [2.05, 4.69) is 63.5 Å². The topological polar surface area (TPSA) is 58.0 Å². The third-order valence-electron chi connectivity index (χ3n) is 4.41. The Kier molecular flexibility index (Phi) is 4.64. The van der Waals surface area contributed by atoms with Crippen molar-refractivity contribution >= 4 is 11.8 Å². The molecule has 1 aliphatic rings. The number of aryl methyl sites for hydroxylation is 1. The van der Waals surface area contributed by atoms with Crippen LogP contribution < -0.4 is 9.80 Å². The maximum absolute atomic E-state index is 4.49. The molecule has 1 fully saturated rings. The number of hydrogen-bond donors (Lipinski definition) is 0. The molecule has 0 atom stereocenters. The summed E-state index contributed by atoms with van der Waals surface area (Å²) in [5, 5.41) is 0. The molecule has 0 unspecified atom stereocenters. The van der Waals surface area contributed by atoms with Crippen molar-refractivity contribution in [3.8, 4) is 0 Å². The number of hydrogen-bond acceptors (Lipinski definition) is 6. The maximum Gasteiger partial charge on any atom is 0.225 e. The van der Waals surface area contributed by atoms with Crippen LogP contribution in [-0.4, -0.2) is 46.1 Å². The van der Waals surface area contributed by atoms with Gasteiger partial charge in [-0.05, 0) is 12.0 Å². The fraction of sp³-hybridized carbons (Fsp3) is 0.556. The van der Waals surface area contributed by atoms with Gasteiger partial charge in [0.2, 0.25) is 5.95 Å². The van der Waals surface area contributed by atoms with Crippen LogP contribution in [0.3, 0.4) is 0 Å². The quantitative estimate of drug-likeness (QED) is 0.863. The van der Waals surface area contributed by atoms with Crippen molar-refractivity contribution in [2.75, 3.05) is 36.0 Å². The maximum atomic E-state index is 4.49. The van der Waals surface area contributed by atoms with Crippen LogP contribution in [0.15, 0.2) is 24.8 Å². The van der Waals surface area contributed by atoms with E-state index in [0.717, 1.165) is 50.1 Å². The van der Waals surface area contributed by atoms with Gasteiger partial charge in [0.1, 0.15) is 12.1 Å². The van der Waals surface area contributed by atoms with E-state index in [1.807, 2.05) is 12.4 Å². The average molecular weight is 326 g/mol. The van der Waals surface area contributed by atoms with E-state index in [0.29, 0.717) is 0 Å². The first kappa shape index (κ1) is 16.6. The van der Waals surface area contributed by atoms with E-state index in [1.54, 1.807) is 6.33 Å². The Bertz CT molecular complexity index is 669. The van der Waals surface area contributed by atoms with Crippen molar-refractivity contribution < 1.29 is 0 Å². The first-order valence-corrected chi connectivity index (χ1v) is 8.60. The largest absolute Gasteiger partial charge is 0.353 e. The van der Waals surface area contributed by atoms with Gasteiger partial charge in [-0.1, -0.05) is 27.7 Å². The van der Waals surface area contributed by atoms with Crippen molar-refractivity contribution in [1.82, 2.24) is 19.9 Å². The molecule has 0 aromatic carbocycles. The average Bonchev–Trinajstić information content (AvgIpc) is 2.61. The predicted molar refractivity (Wildman–Crippen MR) is 96.6 cm³/mol. The monoisotopic (exact) mass is 326 g/mol. The summed E-state index contributed by atoms with van der Waals surface area (Å²) in [5.74, 6) is 1.83. The van der Waals surface area contributed by atoms with Crippen molar-refractivity contribution in [2.24, 2.45) is 0 Å². The molecule has 0 N–H and O–H groups in total. The zero-order valence-corrected chi connectivity index (χ0v) is 15.0. The Morgan fingerprint density at radius 1 is 0.917 bits per heavy atom. The van der Waals surface area contributed by atoms with E-state index >= 15 is 0 Å². The van der Waals surface area contributed by atoms with Crippen molar-refractivity contribution in [1.29, 1.82) is 0 Å². The minimum absolute atomic E-state index is 0.0361. The molecule has 0 radical (unpaired) electrons. The zero-order chi connectivity index (χ0) is 17.2. The molecule has 2 aromatic heterocycles. The van der Waals surface area contributed by atoms with Crippen LogP contribution >= 0.6 is 0 Å². The Labute approximate surface area is 144 Å². The molecule has 24 heavy (non-hydrogen) atoms. The molecule has 1 saturated heterocycles. The Balaban J connectivity index is 1.66. The summed E-state index contributed by atoms with van der Waals surface area (Å²) in [5.41, 5.74) is 2.29. The van der Waals surface area contributed by atoms with Crippen LogP contribution in [0, 0.1) is 0 Å². The first-order valence-electron chi connectivity index (χ1n) is 8.60. The van der Waals surface area contributed by atoms with Crippen molar-refractivity contribution in [3.63, 3.8) is 0 Å². The van der Waals surface area contributed by atoms with Gasteiger partial charge in [0.15, 0.2) is 0 Å². The summed E-state index contributed by atoms with van der Waals surface area (Å²) < 4.78 is 0. The lowest BCUT2D eigenvalue weighted by Crippen LogP contribution is -2.47. The van der Waals surface area contributed by atoms with Gasteiger partial charge in [0.05, 0.1) is 5.69 Å². The molecule has 0 amide bonds. The van der Waals surface area contributed by atoms with E-state index < -0.39 is 0 Å². The van der Waals surface area contributed by atoms with E-state index in [-0.39, 0.29) is 5.41 Å². The molecule has 128 valence electrons. The predicted octanol–water partition coefficient (Wildman–Crippen LogP) is 2.45. The number of piperazine rings is 1. The second-order valence-electron chi connectivity index (χ2n) is 7.23. The molecule has 3 rings (SSSR count). The number of rotatable bonds is 3. The lowest BCUT2D eigenvalue weighted by Gasteiger charge is -2.35. The van der Waals surface area contributed by atoms with Crippen LogP contribution in [0.4, 0.5) is 11.8 Å². The molecule has 6 heteroatoms. The molecular weight excluding hydrogens is 300 g/mol. The van der Waals surface area contributed by atoms with Crippen LogP contribution in [0.2, 0.25) is 0 Å². The van der Waals surface area contributed by atoms with Gasteiger partial charge in [-0.25, -0.2) is 19.9 Å². The van der Waals surface area contributed by atoms with Gasteiger partial charge in [-0.15, -0.1) is 0 Å². The van der Waals surface area contributed by atoms with Crippen molar-refractivity contribution in [3.05, 3.63) is 36.0 Å². The summed E-state index contributed by atoms with van der Waals surface area (Å²) in [6.07, 6.45) is 6.50. The third kappa shape index (κ3) is 3.63. The summed E-state index contributed by atoms with van der Waals surface area (Å²) in [6.45, 7) is 12.3. The fourth-order valence-corrected chi connectivity index (χ4v) is 2.76. The zero-order valence-electron chi connectivity index (χ0n) is 15.0. The highest BCUT2D eigenvalue weighted by atomic mass is 15.3. The molecule has 0 aliphatic carbocycles. The van der Waals surface area contributed by atoms with Gasteiger partial charge in [-0.3, -0.25) is 0 Å². The molecule has 2 aromatic rings. The molecule has 0 bridgehead atoms. The highest BCUT2D eigenvalue weighted by Crippen LogP contribution is 2.23. The number of aromatic nitrogens is 4. The summed E-state index contributed by atoms with van der Waals surface area (Å²) in [4.78, 5) is 22.4. The van der Waals surface area contributed by atoms with E-state index in [1.165, 1.54) is 5.56 Å². The number of nitrogens with zero attached hydrogens (tertiary/aromatic N) is 6. The standard InChI is InChI=1S/C18H26N6/c1-5-14-11-19-17(20-12-14)24-8-6-23(7-9-24)16-10-15(18(2,3)4)21-13-22-16/h10-13H,5-9H2,1-4H3. The van der Waals surface area contributed by atoms with Crippen LogP contribution in [0.5, 0.6) is 0 Å². The Morgan fingerprint density at radius 2 is 1.54 bits per heavy atom. The van der Waals surface area contributed by atoms with Gasteiger partial charge in [-0.2, -0.15) is 0 Å². The summed E-state index contributed by atoms with van der Waals surface area (Å²) in [6, 6.07) is 2.11. The van der Waals surface area contributed by atoms with E-state index in [9.17, 15) is 0 Å². The first-order chi connectivity index (χ1) is 11.5. The molecule has 0 saturated carbocycles. The second-order valence-corrected chi connectivity index (χ2v) is 7.23. The van der Waals surface area contributed by atoms with Gasteiger partial charge < -0.3 is 9.80 Å². The van der Waals surface area contributed by atoms with Gasteiger partial charge >= 0.3 is 0 Å². The lowest BCUT2D eigenvalue weighted by molar-refractivity contribution is 0.564. The molecule has 1 aliphatic heterocycles. The Hall–Kier alpha value is -2.24. The molecule has 0 spiro atoms. The summed E-state index contributed by atoms with van der Waals surface area (Å²) >= 11 is 0. The highest BCUT2D eigenvalue weighted by Gasteiger charge is 2.22. The van der Waals surface area contributed by atoms with Crippen LogP contribution in [0.1, 0.15) is 39.0 Å². The van der Waals surface area contributed by atoms with Gasteiger partial charge in [0.25, 0.3) is 0 Å². The molecule has 6 nitrogen and oxygen atoms in total. The summed E-state index contributed by atoms with van der Waals surface area (Å²) in [7, 11) is 0. The third-order valence-corrected chi connectivity index (χ3v) is 4.41. The fourth-order valence-electron chi connectivity index (χ4n) is 2.76. The van der Waals surface area contributed by atoms with Crippen LogP contribution in [-0.2, 0) is 11.8 Å².